The molecule has 102 valence electrons. The Labute approximate surface area is 116 Å². The largest absolute Gasteiger partial charge is 0.376 e. The number of thiocarbonyl (C=S) groups is 1. The molecule has 0 unspecified atom stereocenters. The Morgan fingerprint density at radius 1 is 1.42 bits per heavy atom. The highest BCUT2D eigenvalue weighted by atomic mass is 32.1. The van der Waals surface area contributed by atoms with Crippen molar-refractivity contribution in [2.45, 2.75) is 18.9 Å². The Balaban J connectivity index is 1.67. The molecule has 1 aromatic rings. The van der Waals surface area contributed by atoms with Crippen LogP contribution in [0.4, 0.5) is 0 Å². The fraction of sp³-hybridized carbons (Fsp3) is 0.417. The molecule has 1 atom stereocenters. The molecule has 1 aliphatic rings. The summed E-state index contributed by atoms with van der Waals surface area (Å²) in [6.45, 7) is 1.46. The zero-order chi connectivity index (χ0) is 13.5. The average Bonchev–Trinajstić information content (AvgIpc) is 2.96. The predicted octanol–water partition coefficient (Wildman–Crippen LogP) is 0.369. The van der Waals surface area contributed by atoms with E-state index in [-0.39, 0.29) is 12.0 Å². The maximum atomic E-state index is 11.7. The van der Waals surface area contributed by atoms with Crippen molar-refractivity contribution in [3.63, 3.8) is 0 Å². The first-order valence-electron chi connectivity index (χ1n) is 6.11. The molecule has 0 radical (unpaired) electrons. The highest BCUT2D eigenvalue weighted by Crippen LogP contribution is 2.10. The zero-order valence-corrected chi connectivity index (χ0v) is 11.2. The van der Waals surface area contributed by atoms with Crippen LogP contribution in [0.15, 0.2) is 24.5 Å². The number of carbonyl (C=O) groups excluding carboxylic acids is 1. The van der Waals surface area contributed by atoms with E-state index in [4.69, 9.17) is 17.0 Å². The van der Waals surface area contributed by atoms with Gasteiger partial charge < -0.3 is 10.1 Å². The van der Waals surface area contributed by atoms with Gasteiger partial charge in [0.05, 0.1) is 6.10 Å². The SMILES string of the molecule is O=C(NNC(=S)NC[C@H]1CCCO1)c1ccncc1. The summed E-state index contributed by atoms with van der Waals surface area (Å²) in [5, 5.41) is 3.37. The number of aromatic nitrogens is 1. The van der Waals surface area contributed by atoms with Gasteiger partial charge in [-0.1, -0.05) is 0 Å². The fourth-order valence-corrected chi connectivity index (χ4v) is 1.88. The number of carbonyl (C=O) groups is 1. The van der Waals surface area contributed by atoms with E-state index < -0.39 is 0 Å². The lowest BCUT2D eigenvalue weighted by molar-refractivity contribution is 0.0943. The van der Waals surface area contributed by atoms with Gasteiger partial charge in [0, 0.05) is 31.1 Å². The van der Waals surface area contributed by atoms with Crippen LogP contribution in [0.2, 0.25) is 0 Å². The normalized spacial score (nSPS) is 17.8. The molecular weight excluding hydrogens is 264 g/mol. The molecule has 2 rings (SSSR count). The molecule has 1 aromatic heterocycles. The minimum absolute atomic E-state index is 0.204. The summed E-state index contributed by atoms with van der Waals surface area (Å²) in [6, 6.07) is 3.25. The van der Waals surface area contributed by atoms with E-state index in [0.717, 1.165) is 19.4 Å². The standard InChI is InChI=1S/C12H16N4O2S/c17-11(9-3-5-13-6-4-9)15-16-12(19)14-8-10-2-1-7-18-10/h3-6,10H,1-2,7-8H2,(H,15,17)(H2,14,16,19)/t10-/m1/s1. The van der Waals surface area contributed by atoms with Crippen molar-refractivity contribution < 1.29 is 9.53 Å². The summed E-state index contributed by atoms with van der Waals surface area (Å²) in [5.41, 5.74) is 5.68. The first-order valence-corrected chi connectivity index (χ1v) is 6.52. The summed E-state index contributed by atoms with van der Waals surface area (Å²) in [5.74, 6) is -0.260. The number of rotatable bonds is 3. The summed E-state index contributed by atoms with van der Waals surface area (Å²) < 4.78 is 5.45. The molecule has 1 saturated heterocycles. The molecule has 0 bridgehead atoms. The summed E-state index contributed by atoms with van der Waals surface area (Å²) in [4.78, 5) is 15.5. The molecule has 0 saturated carbocycles. The van der Waals surface area contributed by atoms with Crippen molar-refractivity contribution in [1.82, 2.24) is 21.2 Å². The van der Waals surface area contributed by atoms with Crippen LogP contribution in [-0.4, -0.2) is 35.3 Å². The minimum atomic E-state index is -0.260. The van der Waals surface area contributed by atoms with Gasteiger partial charge in [-0.2, -0.15) is 0 Å². The van der Waals surface area contributed by atoms with Crippen molar-refractivity contribution in [3.05, 3.63) is 30.1 Å². The van der Waals surface area contributed by atoms with Gasteiger partial charge in [0.25, 0.3) is 5.91 Å². The third-order valence-electron chi connectivity index (χ3n) is 2.75. The Kier molecular flexibility index (Phi) is 5.05. The van der Waals surface area contributed by atoms with Crippen LogP contribution >= 0.6 is 12.2 Å². The number of hydrazine groups is 1. The van der Waals surface area contributed by atoms with Crippen LogP contribution in [0.25, 0.3) is 0 Å². The first kappa shape index (κ1) is 13.7. The zero-order valence-electron chi connectivity index (χ0n) is 10.4. The van der Waals surface area contributed by atoms with Crippen LogP contribution in [0.5, 0.6) is 0 Å². The molecule has 19 heavy (non-hydrogen) atoms. The quantitative estimate of drug-likeness (QED) is 0.549. The van der Waals surface area contributed by atoms with E-state index in [1.807, 2.05) is 0 Å². The number of nitrogens with one attached hydrogen (secondary N) is 3. The Hall–Kier alpha value is -1.73. The van der Waals surface area contributed by atoms with E-state index in [1.54, 1.807) is 24.5 Å². The highest BCUT2D eigenvalue weighted by molar-refractivity contribution is 7.80. The number of pyridine rings is 1. The Morgan fingerprint density at radius 2 is 2.21 bits per heavy atom. The lowest BCUT2D eigenvalue weighted by Gasteiger charge is -2.14. The van der Waals surface area contributed by atoms with Crippen molar-refractivity contribution in [2.75, 3.05) is 13.2 Å². The van der Waals surface area contributed by atoms with Crippen LogP contribution in [-0.2, 0) is 4.74 Å². The van der Waals surface area contributed by atoms with Crippen molar-refractivity contribution in [3.8, 4) is 0 Å². The maximum Gasteiger partial charge on any atom is 0.269 e. The highest BCUT2D eigenvalue weighted by Gasteiger charge is 2.15. The fourth-order valence-electron chi connectivity index (χ4n) is 1.75. The first-order chi connectivity index (χ1) is 9.25. The van der Waals surface area contributed by atoms with Crippen LogP contribution < -0.4 is 16.2 Å². The lowest BCUT2D eigenvalue weighted by Crippen LogP contribution is -2.48. The predicted molar refractivity (Wildman–Crippen MR) is 74.4 cm³/mol. The summed E-state index contributed by atoms with van der Waals surface area (Å²) in [6.07, 6.45) is 5.45. The van der Waals surface area contributed by atoms with E-state index in [0.29, 0.717) is 17.2 Å². The molecule has 0 aromatic carbocycles. The second-order valence-electron chi connectivity index (χ2n) is 4.16. The number of hydrogen-bond donors (Lipinski definition) is 3. The number of nitrogens with zero attached hydrogens (tertiary/aromatic N) is 1. The third-order valence-corrected chi connectivity index (χ3v) is 2.99. The number of hydrogen-bond acceptors (Lipinski definition) is 4. The summed E-state index contributed by atoms with van der Waals surface area (Å²) >= 11 is 5.05. The van der Waals surface area contributed by atoms with Gasteiger partial charge in [-0.05, 0) is 37.2 Å². The molecule has 6 nitrogen and oxygen atoms in total. The molecule has 1 aliphatic heterocycles. The van der Waals surface area contributed by atoms with Crippen molar-refractivity contribution in [2.24, 2.45) is 0 Å². The molecule has 1 amide bonds. The molecular formula is C12H16N4O2S. The van der Waals surface area contributed by atoms with Gasteiger partial charge in [0.1, 0.15) is 0 Å². The van der Waals surface area contributed by atoms with Crippen LogP contribution in [0, 0.1) is 0 Å². The number of ether oxygens (including phenoxy) is 1. The van der Waals surface area contributed by atoms with Gasteiger partial charge in [0.2, 0.25) is 0 Å². The van der Waals surface area contributed by atoms with E-state index in [9.17, 15) is 4.79 Å². The molecule has 0 spiro atoms. The van der Waals surface area contributed by atoms with Crippen molar-refractivity contribution in [1.29, 1.82) is 0 Å². The Bertz CT molecular complexity index is 435. The van der Waals surface area contributed by atoms with Crippen LogP contribution in [0.1, 0.15) is 23.2 Å². The topological polar surface area (TPSA) is 75.3 Å². The maximum absolute atomic E-state index is 11.7. The van der Waals surface area contributed by atoms with Crippen LogP contribution in [0.3, 0.4) is 0 Å². The van der Waals surface area contributed by atoms with Gasteiger partial charge in [-0.25, -0.2) is 0 Å². The average molecular weight is 280 g/mol. The molecule has 1 fully saturated rings. The summed E-state index contributed by atoms with van der Waals surface area (Å²) in [7, 11) is 0. The molecule has 0 aliphatic carbocycles. The number of amides is 1. The second-order valence-corrected chi connectivity index (χ2v) is 4.57. The smallest absolute Gasteiger partial charge is 0.269 e. The van der Waals surface area contributed by atoms with Gasteiger partial charge in [-0.15, -0.1) is 0 Å². The minimum Gasteiger partial charge on any atom is -0.376 e. The molecule has 3 N–H and O–H groups in total. The second kappa shape index (κ2) is 7.01. The van der Waals surface area contributed by atoms with E-state index >= 15 is 0 Å². The van der Waals surface area contributed by atoms with Crippen molar-refractivity contribution >= 4 is 23.2 Å². The van der Waals surface area contributed by atoms with E-state index in [2.05, 4.69) is 21.2 Å². The molecule has 2 heterocycles. The van der Waals surface area contributed by atoms with Gasteiger partial charge >= 0.3 is 0 Å². The lowest BCUT2D eigenvalue weighted by atomic mass is 10.2. The third kappa shape index (κ3) is 4.46. The van der Waals surface area contributed by atoms with Gasteiger partial charge in [-0.3, -0.25) is 20.6 Å². The van der Waals surface area contributed by atoms with Gasteiger partial charge in [0.15, 0.2) is 5.11 Å². The monoisotopic (exact) mass is 280 g/mol. The Morgan fingerprint density at radius 3 is 2.89 bits per heavy atom. The molecule has 7 heteroatoms. The van der Waals surface area contributed by atoms with E-state index in [1.165, 1.54) is 0 Å².